The van der Waals surface area contributed by atoms with Crippen LogP contribution in [0, 0.1) is 0 Å². The highest BCUT2D eigenvalue weighted by atomic mass is 32.3. The van der Waals surface area contributed by atoms with Crippen molar-refractivity contribution < 1.29 is 26.5 Å². The number of unbranched alkanes of at least 4 members (excludes halogenated alkanes) is 14. The molecule has 204 valence electrons. The monoisotopic (exact) mass is 496 g/mol. The average molecular weight is 497 g/mol. The van der Waals surface area contributed by atoms with Gasteiger partial charge in [-0.25, -0.2) is 0 Å². The van der Waals surface area contributed by atoms with Crippen LogP contribution >= 0.6 is 0 Å². The lowest BCUT2D eigenvalue weighted by atomic mass is 10.1. The molecule has 0 bridgehead atoms. The maximum atomic E-state index is 8.52. The summed E-state index contributed by atoms with van der Waals surface area (Å²) in [5.74, 6) is 0. The second kappa shape index (κ2) is 23.5. The van der Waals surface area contributed by atoms with Gasteiger partial charge in [-0.1, -0.05) is 90.9 Å². The summed E-state index contributed by atoms with van der Waals surface area (Å²) >= 11 is 0. The number of rotatable bonds is 18. The minimum Gasteiger partial charge on any atom is -0.759 e. The summed E-state index contributed by atoms with van der Waals surface area (Å²) in [6.07, 6.45) is 22.9. The Hall–Kier alpha value is -0.210. The summed E-state index contributed by atoms with van der Waals surface area (Å²) < 4.78 is 36.3. The van der Waals surface area contributed by atoms with E-state index in [1.807, 2.05) is 0 Å². The van der Waals surface area contributed by atoms with Gasteiger partial charge in [0.25, 0.3) is 0 Å². The highest BCUT2D eigenvalue weighted by molar-refractivity contribution is 7.79. The quantitative estimate of drug-likeness (QED) is 0.0961. The first kappa shape index (κ1) is 37.3. The third-order valence-electron chi connectivity index (χ3n) is 5.36. The molecule has 0 aliphatic heterocycles. The van der Waals surface area contributed by atoms with Crippen molar-refractivity contribution in [3.63, 3.8) is 0 Å². The van der Waals surface area contributed by atoms with Gasteiger partial charge in [-0.05, 0) is 25.7 Å². The molecule has 0 N–H and O–H groups in total. The largest absolute Gasteiger partial charge is 0.759 e. The Kier molecular flexibility index (Phi) is 26.6. The van der Waals surface area contributed by atoms with Crippen molar-refractivity contribution in [2.45, 2.75) is 117 Å². The van der Waals surface area contributed by atoms with Crippen molar-refractivity contribution in [2.75, 3.05) is 55.4 Å². The third-order valence-corrected chi connectivity index (χ3v) is 5.36. The summed E-state index contributed by atoms with van der Waals surface area (Å²) in [6, 6.07) is 0. The molecule has 0 fully saturated rings. The maximum Gasteiger partial charge on any atom is 0.0780 e. The van der Waals surface area contributed by atoms with Crippen molar-refractivity contribution in [3.8, 4) is 0 Å². The first-order valence-electron chi connectivity index (χ1n) is 13.4. The van der Waals surface area contributed by atoms with Crippen molar-refractivity contribution in [1.82, 2.24) is 0 Å². The van der Waals surface area contributed by atoms with E-state index in [4.69, 9.17) is 17.5 Å². The van der Waals surface area contributed by atoms with E-state index < -0.39 is 10.4 Å². The fourth-order valence-corrected chi connectivity index (χ4v) is 3.44. The van der Waals surface area contributed by atoms with E-state index in [1.54, 1.807) is 0 Å². The Morgan fingerprint density at radius 1 is 0.455 bits per heavy atom. The van der Waals surface area contributed by atoms with Gasteiger partial charge in [-0.2, -0.15) is 0 Å². The van der Waals surface area contributed by atoms with Crippen LogP contribution in [0.3, 0.4) is 0 Å². The van der Waals surface area contributed by atoms with E-state index in [0.29, 0.717) is 0 Å². The minimum atomic E-state index is -5.17. The molecule has 0 amide bonds. The lowest BCUT2D eigenvalue weighted by Gasteiger charge is -2.23. The highest BCUT2D eigenvalue weighted by Gasteiger charge is 2.05. The molecule has 0 aliphatic rings. The van der Waals surface area contributed by atoms with Gasteiger partial charge in [0, 0.05) is 10.4 Å². The van der Waals surface area contributed by atoms with Gasteiger partial charge in [0.2, 0.25) is 0 Å². The van der Waals surface area contributed by atoms with E-state index in [9.17, 15) is 0 Å². The van der Waals surface area contributed by atoms with Gasteiger partial charge in [0.05, 0.1) is 55.4 Å². The summed E-state index contributed by atoms with van der Waals surface area (Å²) in [5, 5.41) is 0. The molecule has 33 heavy (non-hydrogen) atoms. The van der Waals surface area contributed by atoms with Gasteiger partial charge in [0.15, 0.2) is 0 Å². The van der Waals surface area contributed by atoms with Gasteiger partial charge in [0.1, 0.15) is 0 Å². The van der Waals surface area contributed by atoms with Crippen molar-refractivity contribution in [1.29, 1.82) is 0 Å². The Bertz CT molecular complexity index is 446. The first-order chi connectivity index (χ1) is 15.1. The molecule has 0 aromatic carbocycles. The molecule has 0 radical (unpaired) electrons. The topological polar surface area (TPSA) is 80.3 Å². The second-order valence-corrected chi connectivity index (χ2v) is 12.2. The SMILES string of the molecule is CCCCCCCCCC[N+](C)(C)C.CCCCCCCCCC[N+](C)(C)C.O=S(=O)([O-])[O-]. The Balaban J connectivity index is -0.000000453. The molecular weight excluding hydrogens is 436 g/mol. The Labute approximate surface area is 208 Å². The molecule has 0 aromatic rings. The normalized spacial score (nSPS) is 11.9. The molecule has 0 unspecified atom stereocenters. The molecule has 0 saturated heterocycles. The lowest BCUT2D eigenvalue weighted by Crippen LogP contribution is -2.35. The number of hydrogen-bond acceptors (Lipinski definition) is 4. The Morgan fingerprint density at radius 3 is 0.818 bits per heavy atom. The third kappa shape index (κ3) is 59.4. The number of quaternary nitrogens is 2. The molecule has 0 rings (SSSR count). The van der Waals surface area contributed by atoms with Crippen LogP contribution in [0.1, 0.15) is 117 Å². The first-order valence-corrected chi connectivity index (χ1v) is 14.7. The molecule has 0 aliphatic carbocycles. The number of nitrogens with zero attached hydrogens (tertiary/aromatic N) is 2. The van der Waals surface area contributed by atoms with E-state index >= 15 is 0 Å². The molecule has 7 heteroatoms. The van der Waals surface area contributed by atoms with Crippen LogP contribution in [0.15, 0.2) is 0 Å². The van der Waals surface area contributed by atoms with Gasteiger partial charge < -0.3 is 18.1 Å². The molecule has 0 heterocycles. The van der Waals surface area contributed by atoms with Gasteiger partial charge in [-0.3, -0.25) is 8.42 Å². The molecule has 0 saturated carbocycles. The van der Waals surface area contributed by atoms with E-state index in [0.717, 1.165) is 8.97 Å². The van der Waals surface area contributed by atoms with Gasteiger partial charge in [-0.15, -0.1) is 0 Å². The van der Waals surface area contributed by atoms with Crippen LogP contribution in [0.5, 0.6) is 0 Å². The van der Waals surface area contributed by atoms with Crippen LogP contribution in [-0.4, -0.2) is 81.9 Å². The lowest BCUT2D eigenvalue weighted by molar-refractivity contribution is -0.870. The molecule has 0 atom stereocenters. The van der Waals surface area contributed by atoms with E-state index in [1.165, 1.54) is 116 Å². The molecule has 0 aromatic heterocycles. The summed E-state index contributed by atoms with van der Waals surface area (Å²) in [5.41, 5.74) is 0. The zero-order valence-electron chi connectivity index (χ0n) is 23.7. The van der Waals surface area contributed by atoms with Crippen LogP contribution in [-0.2, 0) is 10.4 Å². The van der Waals surface area contributed by atoms with Gasteiger partial charge >= 0.3 is 0 Å². The maximum absolute atomic E-state index is 8.52. The van der Waals surface area contributed by atoms with Crippen LogP contribution < -0.4 is 0 Å². The second-order valence-electron chi connectivity index (χ2n) is 11.4. The zero-order valence-corrected chi connectivity index (χ0v) is 24.5. The van der Waals surface area contributed by atoms with Crippen LogP contribution in [0.2, 0.25) is 0 Å². The zero-order chi connectivity index (χ0) is 26.2. The summed E-state index contributed by atoms with van der Waals surface area (Å²) in [7, 11) is 8.51. The molecule has 6 nitrogen and oxygen atoms in total. The fourth-order valence-electron chi connectivity index (χ4n) is 3.44. The predicted octanol–water partition coefficient (Wildman–Crippen LogP) is 6.33. The van der Waals surface area contributed by atoms with E-state index in [2.05, 4.69) is 56.1 Å². The molecular formula is C26H60N2O4S. The molecule has 0 spiro atoms. The van der Waals surface area contributed by atoms with Crippen molar-refractivity contribution in [2.24, 2.45) is 0 Å². The summed E-state index contributed by atoms with van der Waals surface area (Å²) in [6.45, 7) is 7.21. The predicted molar refractivity (Wildman–Crippen MR) is 141 cm³/mol. The fraction of sp³-hybridized carbons (Fsp3) is 1.00. The smallest absolute Gasteiger partial charge is 0.0780 e. The average Bonchev–Trinajstić information content (AvgIpc) is 2.63. The van der Waals surface area contributed by atoms with E-state index in [-0.39, 0.29) is 0 Å². The van der Waals surface area contributed by atoms with Crippen molar-refractivity contribution in [3.05, 3.63) is 0 Å². The summed E-state index contributed by atoms with van der Waals surface area (Å²) in [4.78, 5) is 0. The highest BCUT2D eigenvalue weighted by Crippen LogP contribution is 2.10. The van der Waals surface area contributed by atoms with Crippen LogP contribution in [0.25, 0.3) is 0 Å². The van der Waals surface area contributed by atoms with Crippen molar-refractivity contribution >= 4 is 10.4 Å². The number of hydrogen-bond donors (Lipinski definition) is 0. The minimum absolute atomic E-state index is 1.12. The Morgan fingerprint density at radius 2 is 0.636 bits per heavy atom. The van der Waals surface area contributed by atoms with Crippen LogP contribution in [0.4, 0.5) is 0 Å². The standard InChI is InChI=1S/2C13H30N.H2O4S/c2*1-5-6-7-8-9-10-11-12-13-14(2,3)4;1-5(2,3)4/h2*5-13H2,1-4H3;(H2,1,2,3,4)/q2*+1;/p-2.